The van der Waals surface area contributed by atoms with Gasteiger partial charge in [-0.2, -0.15) is 0 Å². The van der Waals surface area contributed by atoms with Crippen molar-refractivity contribution in [2.45, 2.75) is 38.8 Å². The molecule has 0 aliphatic rings. The molecule has 0 spiro atoms. The Morgan fingerprint density at radius 1 is 1.23 bits per heavy atom. The number of hydrogen-bond acceptors (Lipinski definition) is 4. The van der Waals surface area contributed by atoms with Gasteiger partial charge in [0.25, 0.3) is 0 Å². The standard InChI is InChI=1S/C18H22N2O2/c1-2-3-9-16(19)18-17(11-10-15(12-21)20-18)22-13-14-7-5-4-6-8-14/h4-8,10-12,16H,2-3,9,13,19H2,1H3/t16-/m0/s1. The molecule has 0 saturated carbocycles. The van der Waals surface area contributed by atoms with Gasteiger partial charge in [-0.15, -0.1) is 0 Å². The molecule has 4 heteroatoms. The molecule has 22 heavy (non-hydrogen) atoms. The molecular weight excluding hydrogens is 276 g/mol. The molecule has 2 N–H and O–H groups in total. The summed E-state index contributed by atoms with van der Waals surface area (Å²) >= 11 is 0. The summed E-state index contributed by atoms with van der Waals surface area (Å²) in [5.41, 5.74) is 8.34. The molecule has 0 amide bonds. The zero-order valence-electron chi connectivity index (χ0n) is 12.9. The summed E-state index contributed by atoms with van der Waals surface area (Å²) in [5.74, 6) is 0.651. The Labute approximate surface area is 131 Å². The highest BCUT2D eigenvalue weighted by Crippen LogP contribution is 2.26. The molecule has 0 bridgehead atoms. The normalized spacial score (nSPS) is 11.9. The second-order valence-corrected chi connectivity index (χ2v) is 5.26. The number of ether oxygens (including phenoxy) is 1. The molecule has 0 fully saturated rings. The zero-order chi connectivity index (χ0) is 15.8. The number of nitrogens with zero attached hydrogens (tertiary/aromatic N) is 1. The Hall–Kier alpha value is -2.20. The molecule has 0 aliphatic heterocycles. The van der Waals surface area contributed by atoms with E-state index >= 15 is 0 Å². The van der Waals surface area contributed by atoms with Crippen molar-refractivity contribution in [1.82, 2.24) is 4.98 Å². The largest absolute Gasteiger partial charge is 0.487 e. The fourth-order valence-corrected chi connectivity index (χ4v) is 2.23. The predicted octanol–water partition coefficient (Wildman–Crippen LogP) is 3.66. The van der Waals surface area contributed by atoms with Gasteiger partial charge in [-0.25, -0.2) is 4.98 Å². The first kappa shape index (κ1) is 16.2. The number of carbonyl (C=O) groups is 1. The van der Waals surface area contributed by atoms with Gasteiger partial charge in [0.1, 0.15) is 18.1 Å². The van der Waals surface area contributed by atoms with E-state index in [9.17, 15) is 4.79 Å². The van der Waals surface area contributed by atoms with Crippen LogP contribution in [0.2, 0.25) is 0 Å². The molecule has 0 radical (unpaired) electrons. The lowest BCUT2D eigenvalue weighted by atomic mass is 10.1. The number of rotatable bonds is 8. The molecule has 1 aromatic heterocycles. The van der Waals surface area contributed by atoms with E-state index in [2.05, 4.69) is 11.9 Å². The molecule has 0 saturated heterocycles. The smallest absolute Gasteiger partial charge is 0.168 e. The maximum absolute atomic E-state index is 10.9. The van der Waals surface area contributed by atoms with Crippen molar-refractivity contribution < 1.29 is 9.53 Å². The Bertz CT molecular complexity index is 599. The SMILES string of the molecule is CCCC[C@H](N)c1nc(C=O)ccc1OCc1ccccc1. The van der Waals surface area contributed by atoms with Gasteiger partial charge in [0.05, 0.1) is 11.7 Å². The molecule has 4 nitrogen and oxygen atoms in total. The van der Waals surface area contributed by atoms with Gasteiger partial charge < -0.3 is 10.5 Å². The van der Waals surface area contributed by atoms with Crippen LogP contribution in [0.5, 0.6) is 5.75 Å². The lowest BCUT2D eigenvalue weighted by molar-refractivity contribution is 0.111. The first-order valence-corrected chi connectivity index (χ1v) is 7.63. The van der Waals surface area contributed by atoms with Crippen molar-refractivity contribution in [3.8, 4) is 5.75 Å². The van der Waals surface area contributed by atoms with Crippen molar-refractivity contribution in [1.29, 1.82) is 0 Å². The lowest BCUT2D eigenvalue weighted by Crippen LogP contribution is -2.15. The van der Waals surface area contributed by atoms with E-state index < -0.39 is 0 Å². The Balaban J connectivity index is 2.16. The van der Waals surface area contributed by atoms with E-state index in [1.807, 2.05) is 30.3 Å². The molecule has 0 unspecified atom stereocenters. The minimum Gasteiger partial charge on any atom is -0.487 e. The third kappa shape index (κ3) is 4.40. The van der Waals surface area contributed by atoms with Gasteiger partial charge in [0.15, 0.2) is 6.29 Å². The van der Waals surface area contributed by atoms with Crippen LogP contribution in [0.3, 0.4) is 0 Å². The number of carbonyl (C=O) groups excluding carboxylic acids is 1. The van der Waals surface area contributed by atoms with E-state index in [-0.39, 0.29) is 6.04 Å². The van der Waals surface area contributed by atoms with Crippen LogP contribution in [0.1, 0.15) is 54.0 Å². The van der Waals surface area contributed by atoms with Crippen molar-refractivity contribution in [2.24, 2.45) is 5.73 Å². The van der Waals surface area contributed by atoms with E-state index in [4.69, 9.17) is 10.5 Å². The highest BCUT2D eigenvalue weighted by Gasteiger charge is 2.15. The van der Waals surface area contributed by atoms with Gasteiger partial charge in [0, 0.05) is 0 Å². The third-order valence-corrected chi connectivity index (χ3v) is 3.49. The minimum atomic E-state index is -0.217. The number of pyridine rings is 1. The summed E-state index contributed by atoms with van der Waals surface area (Å²) in [6, 6.07) is 13.1. The maximum Gasteiger partial charge on any atom is 0.168 e. The number of aromatic nitrogens is 1. The van der Waals surface area contributed by atoms with Crippen LogP contribution in [-0.4, -0.2) is 11.3 Å². The Morgan fingerprint density at radius 3 is 2.68 bits per heavy atom. The first-order chi connectivity index (χ1) is 10.7. The zero-order valence-corrected chi connectivity index (χ0v) is 12.9. The van der Waals surface area contributed by atoms with Crippen molar-refractivity contribution in [2.75, 3.05) is 0 Å². The van der Waals surface area contributed by atoms with E-state index in [1.54, 1.807) is 12.1 Å². The van der Waals surface area contributed by atoms with Gasteiger partial charge in [-0.1, -0.05) is 50.1 Å². The van der Waals surface area contributed by atoms with Gasteiger partial charge >= 0.3 is 0 Å². The van der Waals surface area contributed by atoms with Crippen molar-refractivity contribution >= 4 is 6.29 Å². The number of nitrogens with two attached hydrogens (primary N) is 1. The summed E-state index contributed by atoms with van der Waals surface area (Å²) < 4.78 is 5.87. The molecule has 2 aromatic rings. The quantitative estimate of drug-likeness (QED) is 0.755. The predicted molar refractivity (Wildman–Crippen MR) is 86.9 cm³/mol. The van der Waals surface area contributed by atoms with Crippen LogP contribution in [-0.2, 0) is 6.61 Å². The highest BCUT2D eigenvalue weighted by molar-refractivity contribution is 5.72. The molecule has 0 aliphatic carbocycles. The minimum absolute atomic E-state index is 0.217. The molecule has 116 valence electrons. The summed E-state index contributed by atoms with van der Waals surface area (Å²) in [4.78, 5) is 15.3. The average molecular weight is 298 g/mol. The van der Waals surface area contributed by atoms with Crippen molar-refractivity contribution in [3.05, 3.63) is 59.4 Å². The van der Waals surface area contributed by atoms with Crippen LogP contribution in [0.25, 0.3) is 0 Å². The van der Waals surface area contributed by atoms with Crippen LogP contribution in [0, 0.1) is 0 Å². The lowest BCUT2D eigenvalue weighted by Gasteiger charge is -2.16. The molecule has 1 aromatic carbocycles. The van der Waals surface area contributed by atoms with Crippen molar-refractivity contribution in [3.63, 3.8) is 0 Å². The molecule has 1 heterocycles. The Morgan fingerprint density at radius 2 is 2.00 bits per heavy atom. The highest BCUT2D eigenvalue weighted by atomic mass is 16.5. The monoisotopic (exact) mass is 298 g/mol. The summed E-state index contributed by atoms with van der Waals surface area (Å²) in [6.45, 7) is 2.57. The van der Waals surface area contributed by atoms with E-state index in [0.29, 0.717) is 23.7 Å². The fourth-order valence-electron chi connectivity index (χ4n) is 2.23. The Kier molecular flexibility index (Phi) is 6.10. The number of unbranched alkanes of at least 4 members (excludes halogenated alkanes) is 1. The van der Waals surface area contributed by atoms with Gasteiger partial charge in [-0.3, -0.25) is 4.79 Å². The first-order valence-electron chi connectivity index (χ1n) is 7.63. The topological polar surface area (TPSA) is 65.2 Å². The fraction of sp³-hybridized carbons (Fsp3) is 0.333. The second-order valence-electron chi connectivity index (χ2n) is 5.26. The number of aldehydes is 1. The number of benzene rings is 1. The maximum atomic E-state index is 10.9. The van der Waals surface area contributed by atoms with Crippen LogP contribution >= 0.6 is 0 Å². The molecule has 2 rings (SSSR count). The summed E-state index contributed by atoms with van der Waals surface area (Å²) in [7, 11) is 0. The summed E-state index contributed by atoms with van der Waals surface area (Å²) in [6.07, 6.45) is 3.65. The number of hydrogen-bond donors (Lipinski definition) is 1. The summed E-state index contributed by atoms with van der Waals surface area (Å²) in [5, 5.41) is 0. The molecule has 1 atom stereocenters. The van der Waals surface area contributed by atoms with E-state index in [1.165, 1.54) is 0 Å². The van der Waals surface area contributed by atoms with Gasteiger partial charge in [0.2, 0.25) is 0 Å². The van der Waals surface area contributed by atoms with Crippen LogP contribution in [0.4, 0.5) is 0 Å². The average Bonchev–Trinajstić information content (AvgIpc) is 2.58. The van der Waals surface area contributed by atoms with Crippen LogP contribution in [0.15, 0.2) is 42.5 Å². The third-order valence-electron chi connectivity index (χ3n) is 3.49. The second kappa shape index (κ2) is 8.29. The van der Waals surface area contributed by atoms with E-state index in [0.717, 1.165) is 31.1 Å². The molecular formula is C18H22N2O2. The van der Waals surface area contributed by atoms with Gasteiger partial charge in [-0.05, 0) is 24.1 Å². The van der Waals surface area contributed by atoms with Crippen LogP contribution < -0.4 is 10.5 Å².